The van der Waals surface area contributed by atoms with Crippen molar-refractivity contribution in [2.24, 2.45) is 5.73 Å². The summed E-state index contributed by atoms with van der Waals surface area (Å²) in [6.07, 6.45) is 1.95. The molecule has 0 saturated heterocycles. The predicted octanol–water partition coefficient (Wildman–Crippen LogP) is 2.74. The largest absolute Gasteiger partial charge is 0.324 e. The Morgan fingerprint density at radius 3 is 2.94 bits per heavy atom. The Bertz CT molecular complexity index is 448. The van der Waals surface area contributed by atoms with Gasteiger partial charge in [-0.1, -0.05) is 6.08 Å². The average molecular weight is 301 g/mol. The van der Waals surface area contributed by atoms with Crippen LogP contribution in [-0.4, -0.2) is 11.9 Å². The third-order valence-electron chi connectivity index (χ3n) is 2.28. The molecule has 92 valence electrons. The van der Waals surface area contributed by atoms with E-state index in [9.17, 15) is 9.18 Å². The first-order valence-electron chi connectivity index (χ1n) is 5.08. The molecule has 0 bridgehead atoms. The number of nitrogens with one attached hydrogen (secondary N) is 1. The number of anilines is 1. The van der Waals surface area contributed by atoms with E-state index in [2.05, 4.69) is 27.8 Å². The lowest BCUT2D eigenvalue weighted by Gasteiger charge is -2.12. The van der Waals surface area contributed by atoms with Gasteiger partial charge in [0.15, 0.2) is 0 Å². The average Bonchev–Trinajstić information content (AvgIpc) is 2.26. The van der Waals surface area contributed by atoms with E-state index in [1.165, 1.54) is 6.07 Å². The standard InChI is InChI=1S/C12H14BrFN2O/c1-3-4-10(15)12(17)16-11-6-9(14)8(13)5-7(11)2/h3,5-6,10H,1,4,15H2,2H3,(H,16,17). The van der Waals surface area contributed by atoms with Crippen molar-refractivity contribution in [2.45, 2.75) is 19.4 Å². The molecule has 3 nitrogen and oxygen atoms in total. The fourth-order valence-corrected chi connectivity index (χ4v) is 1.75. The Morgan fingerprint density at radius 1 is 1.71 bits per heavy atom. The zero-order chi connectivity index (χ0) is 13.0. The van der Waals surface area contributed by atoms with E-state index in [0.29, 0.717) is 16.6 Å². The highest BCUT2D eigenvalue weighted by atomic mass is 79.9. The van der Waals surface area contributed by atoms with Crippen molar-refractivity contribution in [3.63, 3.8) is 0 Å². The van der Waals surface area contributed by atoms with Crippen LogP contribution < -0.4 is 11.1 Å². The topological polar surface area (TPSA) is 55.1 Å². The smallest absolute Gasteiger partial charge is 0.241 e. The van der Waals surface area contributed by atoms with Gasteiger partial charge in [0, 0.05) is 5.69 Å². The molecule has 0 fully saturated rings. The third-order valence-corrected chi connectivity index (χ3v) is 2.89. The Morgan fingerprint density at radius 2 is 2.35 bits per heavy atom. The molecule has 5 heteroatoms. The van der Waals surface area contributed by atoms with E-state index in [1.54, 1.807) is 19.1 Å². The zero-order valence-corrected chi connectivity index (χ0v) is 11.1. The summed E-state index contributed by atoms with van der Waals surface area (Å²) in [4.78, 5) is 11.6. The van der Waals surface area contributed by atoms with Gasteiger partial charge in [0.2, 0.25) is 5.91 Å². The molecular formula is C12H14BrFN2O. The van der Waals surface area contributed by atoms with Crippen LogP contribution in [0, 0.1) is 12.7 Å². The first-order valence-corrected chi connectivity index (χ1v) is 5.88. The highest BCUT2D eigenvalue weighted by Crippen LogP contribution is 2.24. The summed E-state index contributed by atoms with van der Waals surface area (Å²) in [5.74, 6) is -0.780. The van der Waals surface area contributed by atoms with E-state index in [4.69, 9.17) is 5.73 Å². The van der Waals surface area contributed by atoms with Crippen molar-refractivity contribution in [3.8, 4) is 0 Å². The van der Waals surface area contributed by atoms with Gasteiger partial charge < -0.3 is 11.1 Å². The van der Waals surface area contributed by atoms with Gasteiger partial charge in [-0.3, -0.25) is 4.79 Å². The molecule has 0 aromatic heterocycles. The van der Waals surface area contributed by atoms with Gasteiger partial charge in [-0.25, -0.2) is 4.39 Å². The van der Waals surface area contributed by atoms with Crippen molar-refractivity contribution in [1.29, 1.82) is 0 Å². The van der Waals surface area contributed by atoms with Gasteiger partial charge in [0.05, 0.1) is 10.5 Å². The maximum Gasteiger partial charge on any atom is 0.241 e. The number of amides is 1. The molecule has 0 aliphatic heterocycles. The molecule has 0 saturated carbocycles. The predicted molar refractivity (Wildman–Crippen MR) is 70.3 cm³/mol. The molecule has 17 heavy (non-hydrogen) atoms. The first kappa shape index (κ1) is 13.9. The van der Waals surface area contributed by atoms with Crippen LogP contribution in [0.25, 0.3) is 0 Å². The van der Waals surface area contributed by atoms with E-state index in [1.807, 2.05) is 0 Å². The number of hydrogen-bond acceptors (Lipinski definition) is 2. The van der Waals surface area contributed by atoms with Crippen LogP contribution in [0.5, 0.6) is 0 Å². The van der Waals surface area contributed by atoms with E-state index >= 15 is 0 Å². The first-order chi connectivity index (χ1) is 7.95. The van der Waals surface area contributed by atoms with Crippen LogP contribution >= 0.6 is 15.9 Å². The summed E-state index contributed by atoms with van der Waals surface area (Å²) in [7, 11) is 0. The van der Waals surface area contributed by atoms with Crippen molar-refractivity contribution in [3.05, 3.63) is 40.6 Å². The Balaban J connectivity index is 2.85. The lowest BCUT2D eigenvalue weighted by atomic mass is 10.1. The number of rotatable bonds is 4. The van der Waals surface area contributed by atoms with Gasteiger partial charge in [-0.2, -0.15) is 0 Å². The third kappa shape index (κ3) is 3.64. The molecule has 0 aliphatic rings. The van der Waals surface area contributed by atoms with Gasteiger partial charge in [-0.05, 0) is 47.0 Å². The molecular weight excluding hydrogens is 287 g/mol. The van der Waals surface area contributed by atoms with Crippen LogP contribution in [0.1, 0.15) is 12.0 Å². The minimum Gasteiger partial charge on any atom is -0.324 e. The Labute approximate surface area is 108 Å². The van der Waals surface area contributed by atoms with Gasteiger partial charge in [0.25, 0.3) is 0 Å². The molecule has 0 heterocycles. The summed E-state index contributed by atoms with van der Waals surface area (Å²) in [5, 5.41) is 2.59. The van der Waals surface area contributed by atoms with Crippen molar-refractivity contribution >= 4 is 27.5 Å². The van der Waals surface area contributed by atoms with Crippen LogP contribution in [0.4, 0.5) is 10.1 Å². The molecule has 1 aromatic carbocycles. The zero-order valence-electron chi connectivity index (χ0n) is 9.47. The second kappa shape index (κ2) is 5.93. The van der Waals surface area contributed by atoms with Crippen molar-refractivity contribution < 1.29 is 9.18 Å². The summed E-state index contributed by atoms with van der Waals surface area (Å²) in [6, 6.07) is 2.20. The molecule has 1 atom stereocenters. The molecule has 1 amide bonds. The number of carbonyl (C=O) groups is 1. The molecule has 1 unspecified atom stereocenters. The summed E-state index contributed by atoms with van der Waals surface area (Å²) in [6.45, 7) is 5.28. The quantitative estimate of drug-likeness (QED) is 0.840. The summed E-state index contributed by atoms with van der Waals surface area (Å²) < 4.78 is 13.7. The van der Waals surface area contributed by atoms with Gasteiger partial charge >= 0.3 is 0 Å². The number of halogens is 2. The summed E-state index contributed by atoms with van der Waals surface area (Å²) >= 11 is 3.07. The molecule has 0 aliphatic carbocycles. The minimum atomic E-state index is -0.668. The van der Waals surface area contributed by atoms with E-state index in [0.717, 1.165) is 5.56 Å². The van der Waals surface area contributed by atoms with Crippen LogP contribution in [0.15, 0.2) is 29.3 Å². The molecule has 3 N–H and O–H groups in total. The lowest BCUT2D eigenvalue weighted by Crippen LogP contribution is -2.35. The van der Waals surface area contributed by atoms with Crippen LogP contribution in [0.2, 0.25) is 0 Å². The molecule has 0 radical (unpaired) electrons. The number of hydrogen-bond donors (Lipinski definition) is 2. The number of aryl methyl sites for hydroxylation is 1. The minimum absolute atomic E-state index is 0.352. The normalized spacial score (nSPS) is 12.0. The van der Waals surface area contributed by atoms with E-state index in [-0.39, 0.29) is 5.91 Å². The number of nitrogens with two attached hydrogens (primary N) is 1. The maximum absolute atomic E-state index is 13.3. The highest BCUT2D eigenvalue weighted by Gasteiger charge is 2.14. The number of carbonyl (C=O) groups excluding carboxylic acids is 1. The Hall–Kier alpha value is -1.20. The maximum atomic E-state index is 13.3. The summed E-state index contributed by atoms with van der Waals surface area (Å²) in [5.41, 5.74) is 6.79. The SMILES string of the molecule is C=CCC(N)C(=O)Nc1cc(F)c(Br)cc1C. The van der Waals surface area contributed by atoms with Gasteiger partial charge in [0.1, 0.15) is 5.82 Å². The second-order valence-electron chi connectivity index (χ2n) is 3.70. The molecule has 1 aromatic rings. The number of benzene rings is 1. The van der Waals surface area contributed by atoms with E-state index < -0.39 is 11.9 Å². The second-order valence-corrected chi connectivity index (χ2v) is 4.56. The van der Waals surface area contributed by atoms with Gasteiger partial charge in [-0.15, -0.1) is 6.58 Å². The Kier molecular flexibility index (Phi) is 4.84. The lowest BCUT2D eigenvalue weighted by molar-refractivity contribution is -0.117. The van der Waals surface area contributed by atoms with Crippen LogP contribution in [-0.2, 0) is 4.79 Å². The fourth-order valence-electron chi connectivity index (χ4n) is 1.29. The van der Waals surface area contributed by atoms with Crippen molar-refractivity contribution in [1.82, 2.24) is 0 Å². The molecule has 0 spiro atoms. The fraction of sp³-hybridized carbons (Fsp3) is 0.250. The van der Waals surface area contributed by atoms with Crippen molar-refractivity contribution in [2.75, 3.05) is 5.32 Å². The monoisotopic (exact) mass is 300 g/mol. The molecule has 1 rings (SSSR count). The van der Waals surface area contributed by atoms with Crippen LogP contribution in [0.3, 0.4) is 0 Å². The highest BCUT2D eigenvalue weighted by molar-refractivity contribution is 9.10.